The molecule has 78 valence electrons. The Balaban J connectivity index is 2.60. The van der Waals surface area contributed by atoms with Gasteiger partial charge in [-0.25, -0.2) is 4.79 Å². The van der Waals surface area contributed by atoms with E-state index in [0.29, 0.717) is 19.6 Å². The van der Waals surface area contributed by atoms with Gasteiger partial charge in [0.1, 0.15) is 0 Å². The average Bonchev–Trinajstić information content (AvgIpc) is 2.16. The highest BCUT2D eigenvalue weighted by atomic mass is 16.4. The number of amides is 2. The second-order valence-electron chi connectivity index (χ2n) is 3.31. The SMILES string of the molecule is C=CC(=O)N1CCN(C(=O)O)C[C@H]1C. The first-order chi connectivity index (χ1) is 6.56. The van der Waals surface area contributed by atoms with Crippen LogP contribution in [-0.2, 0) is 4.79 Å². The smallest absolute Gasteiger partial charge is 0.407 e. The molecule has 14 heavy (non-hydrogen) atoms. The van der Waals surface area contributed by atoms with E-state index >= 15 is 0 Å². The Kier molecular flexibility index (Phi) is 3.11. The minimum atomic E-state index is -0.928. The molecule has 1 rings (SSSR count). The molecule has 2 amide bonds. The van der Waals surface area contributed by atoms with Gasteiger partial charge < -0.3 is 14.9 Å². The van der Waals surface area contributed by atoms with E-state index in [-0.39, 0.29) is 11.9 Å². The summed E-state index contributed by atoms with van der Waals surface area (Å²) < 4.78 is 0. The molecule has 0 aromatic rings. The topological polar surface area (TPSA) is 60.9 Å². The Hall–Kier alpha value is -1.52. The molecule has 0 aromatic carbocycles. The first-order valence-electron chi connectivity index (χ1n) is 4.47. The lowest BCUT2D eigenvalue weighted by atomic mass is 10.2. The van der Waals surface area contributed by atoms with Crippen molar-refractivity contribution < 1.29 is 14.7 Å². The van der Waals surface area contributed by atoms with E-state index in [1.165, 1.54) is 11.0 Å². The van der Waals surface area contributed by atoms with Crippen LogP contribution in [0, 0.1) is 0 Å². The largest absolute Gasteiger partial charge is 0.465 e. The highest BCUT2D eigenvalue weighted by Gasteiger charge is 2.28. The van der Waals surface area contributed by atoms with Crippen molar-refractivity contribution in [3.63, 3.8) is 0 Å². The number of hydrogen-bond acceptors (Lipinski definition) is 2. The predicted molar refractivity (Wildman–Crippen MR) is 51.0 cm³/mol. The Morgan fingerprint density at radius 3 is 2.57 bits per heavy atom. The quantitative estimate of drug-likeness (QED) is 0.620. The van der Waals surface area contributed by atoms with E-state index < -0.39 is 6.09 Å². The summed E-state index contributed by atoms with van der Waals surface area (Å²) in [6.45, 7) is 6.42. The molecule has 5 heteroatoms. The molecule has 1 heterocycles. The predicted octanol–water partition coefficient (Wildman–Crippen LogP) is 0.383. The summed E-state index contributed by atoms with van der Waals surface area (Å²) in [5, 5.41) is 8.74. The zero-order chi connectivity index (χ0) is 10.7. The molecule has 0 saturated carbocycles. The molecular formula is C9H14N2O3. The molecule has 0 aromatic heterocycles. The van der Waals surface area contributed by atoms with Crippen LogP contribution in [0.15, 0.2) is 12.7 Å². The maximum Gasteiger partial charge on any atom is 0.407 e. The van der Waals surface area contributed by atoms with Gasteiger partial charge >= 0.3 is 6.09 Å². The molecular weight excluding hydrogens is 184 g/mol. The van der Waals surface area contributed by atoms with Crippen molar-refractivity contribution in [3.05, 3.63) is 12.7 Å². The Morgan fingerprint density at radius 2 is 2.14 bits per heavy atom. The fourth-order valence-electron chi connectivity index (χ4n) is 1.58. The first kappa shape index (κ1) is 10.6. The van der Waals surface area contributed by atoms with Crippen LogP contribution in [0.1, 0.15) is 6.92 Å². The molecule has 1 atom stereocenters. The van der Waals surface area contributed by atoms with Gasteiger partial charge in [-0.15, -0.1) is 0 Å². The molecule has 1 fully saturated rings. The van der Waals surface area contributed by atoms with Gasteiger partial charge in [0.15, 0.2) is 0 Å². The van der Waals surface area contributed by atoms with E-state index in [4.69, 9.17) is 5.11 Å². The first-order valence-corrected chi connectivity index (χ1v) is 4.47. The second-order valence-corrected chi connectivity index (χ2v) is 3.31. The summed E-state index contributed by atoms with van der Waals surface area (Å²) >= 11 is 0. The van der Waals surface area contributed by atoms with Crippen molar-refractivity contribution in [2.45, 2.75) is 13.0 Å². The van der Waals surface area contributed by atoms with Gasteiger partial charge in [-0.2, -0.15) is 0 Å². The summed E-state index contributed by atoms with van der Waals surface area (Å²) in [6.07, 6.45) is 0.329. The highest BCUT2D eigenvalue weighted by molar-refractivity contribution is 5.87. The third kappa shape index (κ3) is 2.04. The third-order valence-electron chi connectivity index (χ3n) is 2.36. The van der Waals surface area contributed by atoms with E-state index in [0.717, 1.165) is 0 Å². The maximum absolute atomic E-state index is 11.3. The number of carboxylic acid groups (broad SMARTS) is 1. The van der Waals surface area contributed by atoms with Gasteiger partial charge in [0.25, 0.3) is 0 Å². The van der Waals surface area contributed by atoms with E-state index in [1.54, 1.807) is 4.90 Å². The van der Waals surface area contributed by atoms with Gasteiger partial charge in [0.05, 0.1) is 0 Å². The zero-order valence-electron chi connectivity index (χ0n) is 8.14. The molecule has 0 spiro atoms. The molecule has 1 N–H and O–H groups in total. The van der Waals surface area contributed by atoms with Crippen molar-refractivity contribution in [1.29, 1.82) is 0 Å². The lowest BCUT2D eigenvalue weighted by Gasteiger charge is -2.38. The van der Waals surface area contributed by atoms with E-state index in [9.17, 15) is 9.59 Å². The van der Waals surface area contributed by atoms with Gasteiger partial charge in [-0.1, -0.05) is 6.58 Å². The van der Waals surface area contributed by atoms with E-state index in [2.05, 4.69) is 6.58 Å². The van der Waals surface area contributed by atoms with Crippen LogP contribution in [0.2, 0.25) is 0 Å². The lowest BCUT2D eigenvalue weighted by Crippen LogP contribution is -2.54. The molecule has 1 saturated heterocycles. The zero-order valence-corrected chi connectivity index (χ0v) is 8.14. The summed E-state index contributed by atoms with van der Waals surface area (Å²) in [5.41, 5.74) is 0. The van der Waals surface area contributed by atoms with Crippen molar-refractivity contribution in [3.8, 4) is 0 Å². The fraction of sp³-hybridized carbons (Fsp3) is 0.556. The fourth-order valence-corrected chi connectivity index (χ4v) is 1.58. The standard InChI is InChI=1S/C9H14N2O3/c1-3-8(12)11-5-4-10(9(13)14)6-7(11)2/h3,7H,1,4-6H2,2H3,(H,13,14)/t7-/m1/s1. The Morgan fingerprint density at radius 1 is 1.50 bits per heavy atom. The van der Waals surface area contributed by atoms with E-state index in [1.807, 2.05) is 6.92 Å². The van der Waals surface area contributed by atoms with Crippen LogP contribution in [-0.4, -0.2) is 52.6 Å². The summed E-state index contributed by atoms with van der Waals surface area (Å²) in [6, 6.07) is -0.0784. The minimum Gasteiger partial charge on any atom is -0.465 e. The number of hydrogen-bond donors (Lipinski definition) is 1. The number of carbonyl (C=O) groups is 2. The van der Waals surface area contributed by atoms with Crippen molar-refractivity contribution in [2.75, 3.05) is 19.6 Å². The van der Waals surface area contributed by atoms with Crippen LogP contribution in [0.4, 0.5) is 4.79 Å². The normalized spacial score (nSPS) is 21.9. The van der Waals surface area contributed by atoms with Gasteiger partial charge in [-0.3, -0.25) is 4.79 Å². The molecule has 5 nitrogen and oxygen atoms in total. The van der Waals surface area contributed by atoms with Crippen molar-refractivity contribution in [2.24, 2.45) is 0 Å². The highest BCUT2D eigenvalue weighted by Crippen LogP contribution is 2.09. The molecule has 1 aliphatic rings. The maximum atomic E-state index is 11.3. The lowest BCUT2D eigenvalue weighted by molar-refractivity contribution is -0.130. The van der Waals surface area contributed by atoms with Gasteiger partial charge in [-0.05, 0) is 13.0 Å². The number of piperazine rings is 1. The molecule has 1 aliphatic heterocycles. The van der Waals surface area contributed by atoms with Crippen LogP contribution >= 0.6 is 0 Å². The van der Waals surface area contributed by atoms with Crippen LogP contribution in [0.5, 0.6) is 0 Å². The molecule has 0 unspecified atom stereocenters. The minimum absolute atomic E-state index is 0.0784. The summed E-state index contributed by atoms with van der Waals surface area (Å²) in [4.78, 5) is 24.9. The van der Waals surface area contributed by atoms with Gasteiger partial charge in [0.2, 0.25) is 5.91 Å². The van der Waals surface area contributed by atoms with Crippen molar-refractivity contribution in [1.82, 2.24) is 9.80 Å². The Labute approximate surface area is 82.6 Å². The Bertz CT molecular complexity index is 265. The monoisotopic (exact) mass is 198 g/mol. The van der Waals surface area contributed by atoms with Crippen LogP contribution in [0.3, 0.4) is 0 Å². The van der Waals surface area contributed by atoms with Crippen LogP contribution in [0.25, 0.3) is 0 Å². The third-order valence-corrected chi connectivity index (χ3v) is 2.36. The molecule has 0 bridgehead atoms. The molecule has 0 radical (unpaired) electrons. The number of carbonyl (C=O) groups excluding carboxylic acids is 1. The summed E-state index contributed by atoms with van der Waals surface area (Å²) in [5.74, 6) is -0.137. The number of nitrogens with zero attached hydrogens (tertiary/aromatic N) is 2. The van der Waals surface area contributed by atoms with Crippen LogP contribution < -0.4 is 0 Å². The summed E-state index contributed by atoms with van der Waals surface area (Å²) in [7, 11) is 0. The molecule has 0 aliphatic carbocycles. The number of rotatable bonds is 1. The van der Waals surface area contributed by atoms with Crippen molar-refractivity contribution >= 4 is 12.0 Å². The second kappa shape index (κ2) is 4.13. The average molecular weight is 198 g/mol. The van der Waals surface area contributed by atoms with Gasteiger partial charge in [0, 0.05) is 25.7 Å².